The summed E-state index contributed by atoms with van der Waals surface area (Å²) in [4.78, 5) is 13.2. The van der Waals surface area contributed by atoms with Crippen LogP contribution in [0.4, 0.5) is 11.4 Å². The number of carbonyl (C=O) groups excluding carboxylic acids is 1. The molecule has 43 heavy (non-hydrogen) atoms. The van der Waals surface area contributed by atoms with E-state index < -0.39 is 26.0 Å². The highest BCUT2D eigenvalue weighted by molar-refractivity contribution is 7.92. The standard InChI is InChI=1S/C31H30ClN3O6S2/c1-3-35(25-11-5-4-6-12-25)42(37,38)26-14-16-29(41-2)28(20-26)33-31(36)23-13-15-27(32)30(19-23)43(39,40)34-18-17-22-9-7-8-10-24(22)21-34/h4-16,19-20H,3,17-18,21H2,1-2H3,(H,33,36). The normalized spacial score (nSPS) is 13.7. The Kier molecular flexibility index (Phi) is 8.79. The van der Waals surface area contributed by atoms with Gasteiger partial charge < -0.3 is 10.1 Å². The zero-order valence-corrected chi connectivity index (χ0v) is 25.9. The van der Waals surface area contributed by atoms with Crippen molar-refractivity contribution in [3.05, 3.63) is 113 Å². The molecule has 0 fully saturated rings. The molecule has 5 rings (SSSR count). The molecular weight excluding hydrogens is 610 g/mol. The highest BCUT2D eigenvalue weighted by Gasteiger charge is 2.31. The van der Waals surface area contributed by atoms with E-state index in [1.165, 1.54) is 52.1 Å². The third-order valence-electron chi connectivity index (χ3n) is 7.25. The first kappa shape index (κ1) is 30.6. The van der Waals surface area contributed by atoms with E-state index in [-0.39, 0.29) is 51.4 Å². The van der Waals surface area contributed by atoms with Crippen molar-refractivity contribution in [1.82, 2.24) is 4.31 Å². The second kappa shape index (κ2) is 12.4. The van der Waals surface area contributed by atoms with Crippen molar-refractivity contribution in [3.63, 3.8) is 0 Å². The molecule has 4 aromatic rings. The lowest BCUT2D eigenvalue weighted by Crippen LogP contribution is -2.36. The fraction of sp³-hybridized carbons (Fsp3) is 0.194. The number of anilines is 2. The molecule has 0 saturated heterocycles. The fourth-order valence-electron chi connectivity index (χ4n) is 5.01. The maximum absolute atomic E-state index is 13.6. The van der Waals surface area contributed by atoms with Crippen molar-refractivity contribution in [2.45, 2.75) is 29.7 Å². The van der Waals surface area contributed by atoms with Crippen molar-refractivity contribution < 1.29 is 26.4 Å². The van der Waals surface area contributed by atoms with Gasteiger partial charge in [0.2, 0.25) is 10.0 Å². The molecule has 12 heteroatoms. The molecule has 1 aliphatic rings. The maximum Gasteiger partial charge on any atom is 0.264 e. The van der Waals surface area contributed by atoms with Crippen LogP contribution >= 0.6 is 11.6 Å². The van der Waals surface area contributed by atoms with Crippen LogP contribution in [0.1, 0.15) is 28.4 Å². The van der Waals surface area contributed by atoms with Crippen LogP contribution in [0, 0.1) is 0 Å². The lowest BCUT2D eigenvalue weighted by molar-refractivity contribution is 0.102. The molecule has 0 atom stereocenters. The van der Waals surface area contributed by atoms with Gasteiger partial charge in [0.25, 0.3) is 15.9 Å². The van der Waals surface area contributed by atoms with Crippen LogP contribution in [0.5, 0.6) is 5.75 Å². The molecule has 0 aliphatic carbocycles. The summed E-state index contributed by atoms with van der Waals surface area (Å²) < 4.78 is 62.4. The molecule has 0 unspecified atom stereocenters. The van der Waals surface area contributed by atoms with Crippen molar-refractivity contribution in [1.29, 1.82) is 0 Å². The number of sulfonamides is 2. The third-order valence-corrected chi connectivity index (χ3v) is 11.5. The molecule has 1 N–H and O–H groups in total. The van der Waals surface area contributed by atoms with Gasteiger partial charge in [-0.2, -0.15) is 4.31 Å². The summed E-state index contributed by atoms with van der Waals surface area (Å²) in [7, 11) is -6.63. The Bertz CT molecular complexity index is 1880. The zero-order valence-electron chi connectivity index (χ0n) is 23.5. The molecule has 224 valence electrons. The van der Waals surface area contributed by atoms with E-state index in [1.807, 2.05) is 24.3 Å². The summed E-state index contributed by atoms with van der Waals surface area (Å²) in [6.07, 6.45) is 0.561. The topological polar surface area (TPSA) is 113 Å². The van der Waals surface area contributed by atoms with Crippen LogP contribution in [0.2, 0.25) is 5.02 Å². The van der Waals surface area contributed by atoms with Crippen molar-refractivity contribution >= 4 is 48.9 Å². The van der Waals surface area contributed by atoms with Gasteiger partial charge in [0.05, 0.1) is 28.4 Å². The summed E-state index contributed by atoms with van der Waals surface area (Å²) in [5.41, 5.74) is 2.63. The maximum atomic E-state index is 13.6. The van der Waals surface area contributed by atoms with E-state index in [9.17, 15) is 21.6 Å². The molecular formula is C31H30ClN3O6S2. The van der Waals surface area contributed by atoms with E-state index in [0.29, 0.717) is 12.1 Å². The first-order valence-electron chi connectivity index (χ1n) is 13.5. The number of nitrogens with one attached hydrogen (secondary N) is 1. The average Bonchev–Trinajstić information content (AvgIpc) is 3.01. The SMILES string of the molecule is CCN(c1ccccc1)S(=O)(=O)c1ccc(OC)c(NC(=O)c2ccc(Cl)c(S(=O)(=O)N3CCc4ccccc4C3)c2)c1. The van der Waals surface area contributed by atoms with E-state index in [4.69, 9.17) is 16.3 Å². The smallest absolute Gasteiger partial charge is 0.264 e. The van der Waals surface area contributed by atoms with Gasteiger partial charge in [-0.1, -0.05) is 54.1 Å². The quantitative estimate of drug-likeness (QED) is 0.256. The average molecular weight is 640 g/mol. The van der Waals surface area contributed by atoms with Gasteiger partial charge in [-0.25, -0.2) is 16.8 Å². The Hall–Kier alpha value is -3.90. The van der Waals surface area contributed by atoms with Crippen LogP contribution in [-0.4, -0.2) is 47.2 Å². The lowest BCUT2D eigenvalue weighted by Gasteiger charge is -2.28. The van der Waals surface area contributed by atoms with Gasteiger partial charge in [0.15, 0.2) is 0 Å². The van der Waals surface area contributed by atoms with Gasteiger partial charge in [-0.05, 0) is 73.0 Å². The van der Waals surface area contributed by atoms with Gasteiger partial charge >= 0.3 is 0 Å². The summed E-state index contributed by atoms with van der Waals surface area (Å²) in [5.74, 6) is -0.441. The van der Waals surface area contributed by atoms with Gasteiger partial charge in [-0.3, -0.25) is 9.10 Å². The first-order valence-corrected chi connectivity index (χ1v) is 16.8. The predicted molar refractivity (Wildman–Crippen MR) is 167 cm³/mol. The number of halogens is 1. The van der Waals surface area contributed by atoms with E-state index in [1.54, 1.807) is 37.3 Å². The number of hydrogen-bond acceptors (Lipinski definition) is 6. The number of fused-ring (bicyclic) bond motifs is 1. The molecule has 0 radical (unpaired) electrons. The largest absolute Gasteiger partial charge is 0.495 e. The fourth-order valence-corrected chi connectivity index (χ4v) is 8.43. The molecule has 0 saturated carbocycles. The Morgan fingerprint density at radius 3 is 2.33 bits per heavy atom. The highest BCUT2D eigenvalue weighted by atomic mass is 35.5. The Labute approximate surface area is 256 Å². The molecule has 1 aliphatic heterocycles. The molecule has 1 amide bonds. The number of ether oxygens (including phenoxy) is 1. The Morgan fingerprint density at radius 2 is 1.63 bits per heavy atom. The first-order chi connectivity index (χ1) is 20.6. The van der Waals surface area contributed by atoms with Gasteiger partial charge in [0, 0.05) is 25.2 Å². The number of amides is 1. The van der Waals surface area contributed by atoms with Gasteiger partial charge in [0.1, 0.15) is 10.6 Å². The second-order valence-corrected chi connectivity index (χ2v) is 14.0. The second-order valence-electron chi connectivity index (χ2n) is 9.82. The zero-order chi connectivity index (χ0) is 30.8. The monoisotopic (exact) mass is 639 g/mol. The summed E-state index contributed by atoms with van der Waals surface area (Å²) in [5, 5.41) is 2.67. The molecule has 9 nitrogen and oxygen atoms in total. The lowest BCUT2D eigenvalue weighted by atomic mass is 10.0. The highest BCUT2D eigenvalue weighted by Crippen LogP contribution is 2.33. The van der Waals surface area contributed by atoms with Gasteiger partial charge in [-0.15, -0.1) is 0 Å². The van der Waals surface area contributed by atoms with Crippen molar-refractivity contribution in [3.8, 4) is 5.75 Å². The van der Waals surface area contributed by atoms with Crippen LogP contribution in [0.25, 0.3) is 0 Å². The minimum atomic E-state index is -4.03. The number of para-hydroxylation sites is 1. The molecule has 0 spiro atoms. The number of rotatable bonds is 9. The number of methoxy groups -OCH3 is 1. The van der Waals surface area contributed by atoms with Crippen LogP contribution in [0.15, 0.2) is 101 Å². The minimum absolute atomic E-state index is 0.0124. The molecule has 0 aromatic heterocycles. The van der Waals surface area contributed by atoms with E-state index in [2.05, 4.69) is 5.32 Å². The Balaban J connectivity index is 1.44. The van der Waals surface area contributed by atoms with E-state index >= 15 is 0 Å². The van der Waals surface area contributed by atoms with Crippen LogP contribution < -0.4 is 14.4 Å². The minimum Gasteiger partial charge on any atom is -0.495 e. The summed E-state index contributed by atoms with van der Waals surface area (Å²) in [6, 6.07) is 24.5. The number of hydrogen-bond donors (Lipinski definition) is 1. The van der Waals surface area contributed by atoms with Crippen LogP contribution in [-0.2, 0) is 33.0 Å². The molecule has 4 aromatic carbocycles. The number of carbonyl (C=O) groups is 1. The molecule has 0 bridgehead atoms. The Morgan fingerprint density at radius 1 is 0.930 bits per heavy atom. The molecule has 1 heterocycles. The van der Waals surface area contributed by atoms with E-state index in [0.717, 1.165) is 11.1 Å². The van der Waals surface area contributed by atoms with Crippen molar-refractivity contribution in [2.24, 2.45) is 0 Å². The third kappa shape index (κ3) is 6.12. The van der Waals surface area contributed by atoms with Crippen LogP contribution in [0.3, 0.4) is 0 Å². The number of nitrogens with zero attached hydrogens (tertiary/aromatic N) is 2. The predicted octanol–water partition coefficient (Wildman–Crippen LogP) is 5.56. The van der Waals surface area contributed by atoms with Crippen molar-refractivity contribution in [2.75, 3.05) is 29.8 Å². The summed E-state index contributed by atoms with van der Waals surface area (Å²) >= 11 is 6.35. The summed E-state index contributed by atoms with van der Waals surface area (Å²) in [6.45, 7) is 2.39. The number of benzene rings is 4.